The van der Waals surface area contributed by atoms with Crippen LogP contribution in [0.1, 0.15) is 41.3 Å². The normalized spacial score (nSPS) is 14.3. The first-order chi connectivity index (χ1) is 18.3. The minimum Gasteiger partial charge on any atom is -0.493 e. The van der Waals surface area contributed by atoms with Gasteiger partial charge in [0.15, 0.2) is 11.5 Å². The molecule has 38 heavy (non-hydrogen) atoms. The third kappa shape index (κ3) is 4.53. The van der Waals surface area contributed by atoms with Crippen LogP contribution in [0, 0.1) is 18.3 Å². The molecule has 4 aromatic rings. The number of nitrogens with one attached hydrogen (secondary N) is 1. The van der Waals surface area contributed by atoms with Crippen LogP contribution in [-0.4, -0.2) is 52.1 Å². The van der Waals surface area contributed by atoms with Crippen molar-refractivity contribution in [3.63, 3.8) is 0 Å². The molecule has 0 unspecified atom stereocenters. The molecule has 0 bridgehead atoms. The first-order valence-corrected chi connectivity index (χ1v) is 12.9. The first-order valence-electron chi connectivity index (χ1n) is 12.9. The van der Waals surface area contributed by atoms with Crippen molar-refractivity contribution in [3.8, 4) is 11.5 Å². The Morgan fingerprint density at radius 2 is 1.82 bits per heavy atom. The van der Waals surface area contributed by atoms with Crippen LogP contribution in [0.3, 0.4) is 0 Å². The Bertz CT molecular complexity index is 1650. The molecule has 4 heterocycles. The van der Waals surface area contributed by atoms with Gasteiger partial charge in [-0.15, -0.1) is 0 Å². The molecule has 1 aliphatic heterocycles. The van der Waals surface area contributed by atoms with Gasteiger partial charge in [-0.3, -0.25) is 19.4 Å². The zero-order valence-corrected chi connectivity index (χ0v) is 22.3. The number of fused-ring (bicyclic) bond motifs is 2. The fourth-order valence-corrected chi connectivity index (χ4v) is 5.14. The minimum atomic E-state index is -0.255. The van der Waals surface area contributed by atoms with Crippen LogP contribution in [0.2, 0.25) is 0 Å². The summed E-state index contributed by atoms with van der Waals surface area (Å²) in [6.45, 7) is 5.75. The number of amides is 1. The zero-order valence-electron chi connectivity index (χ0n) is 22.3. The van der Waals surface area contributed by atoms with E-state index in [1.807, 2.05) is 37.3 Å². The summed E-state index contributed by atoms with van der Waals surface area (Å²) in [6.07, 6.45) is 4.09. The Morgan fingerprint density at radius 1 is 1.08 bits per heavy atom. The number of nitrogens with zero attached hydrogens (tertiary/aromatic N) is 4. The van der Waals surface area contributed by atoms with Gasteiger partial charge in [0.05, 0.1) is 25.2 Å². The number of piperidine rings is 1. The summed E-state index contributed by atoms with van der Waals surface area (Å²) in [6, 6.07) is 11.0. The SMILES string of the molecule is COc1ccc(CCn2c(=N)c(C(=O)N3CCC(C)CC3)cc3c(=O)n4cccc(C)c4nc32)cc1OC. The number of pyridine rings is 2. The number of ether oxygens (including phenoxy) is 2. The van der Waals surface area contributed by atoms with Crippen LogP contribution < -0.4 is 20.5 Å². The molecule has 198 valence electrons. The summed E-state index contributed by atoms with van der Waals surface area (Å²) in [5.41, 5.74) is 2.80. The van der Waals surface area contributed by atoms with Crippen LogP contribution in [-0.2, 0) is 13.0 Å². The Morgan fingerprint density at radius 3 is 2.53 bits per heavy atom. The first kappa shape index (κ1) is 25.5. The summed E-state index contributed by atoms with van der Waals surface area (Å²) in [5, 5.41) is 9.40. The van der Waals surface area contributed by atoms with E-state index in [2.05, 4.69) is 6.92 Å². The second-order valence-electron chi connectivity index (χ2n) is 10.0. The smallest absolute Gasteiger partial charge is 0.267 e. The Kier molecular flexibility index (Phi) is 6.93. The van der Waals surface area contributed by atoms with E-state index in [9.17, 15) is 9.59 Å². The largest absolute Gasteiger partial charge is 0.493 e. The average Bonchev–Trinajstić information content (AvgIpc) is 2.93. The lowest BCUT2D eigenvalue weighted by molar-refractivity contribution is 0.0694. The molecule has 1 aromatic carbocycles. The highest BCUT2D eigenvalue weighted by Gasteiger charge is 2.25. The van der Waals surface area contributed by atoms with E-state index in [4.69, 9.17) is 19.9 Å². The topological polar surface area (TPSA) is 102 Å². The quantitative estimate of drug-likeness (QED) is 0.396. The number of hydrogen-bond acceptors (Lipinski definition) is 6. The second kappa shape index (κ2) is 10.3. The molecule has 1 saturated heterocycles. The van der Waals surface area contributed by atoms with Crippen molar-refractivity contribution < 1.29 is 14.3 Å². The third-order valence-electron chi connectivity index (χ3n) is 7.51. The van der Waals surface area contributed by atoms with Crippen molar-refractivity contribution >= 4 is 22.6 Å². The van der Waals surface area contributed by atoms with E-state index in [1.165, 1.54) is 4.40 Å². The predicted octanol–water partition coefficient (Wildman–Crippen LogP) is 3.57. The van der Waals surface area contributed by atoms with Crippen molar-refractivity contribution in [2.45, 2.75) is 39.7 Å². The zero-order chi connectivity index (χ0) is 27.0. The summed E-state index contributed by atoms with van der Waals surface area (Å²) >= 11 is 0. The lowest BCUT2D eigenvalue weighted by atomic mass is 9.98. The Balaban J connectivity index is 1.65. The maximum atomic E-state index is 13.6. The summed E-state index contributed by atoms with van der Waals surface area (Å²) in [5.74, 6) is 1.61. The molecule has 5 rings (SSSR count). The molecule has 1 amide bonds. The van der Waals surface area contributed by atoms with E-state index in [0.717, 1.165) is 24.0 Å². The van der Waals surface area contributed by atoms with Gasteiger partial charge >= 0.3 is 0 Å². The Labute approximate surface area is 220 Å². The second-order valence-corrected chi connectivity index (χ2v) is 10.0. The highest BCUT2D eigenvalue weighted by atomic mass is 16.5. The number of hydrogen-bond donors (Lipinski definition) is 1. The molecule has 0 spiro atoms. The van der Waals surface area contributed by atoms with Crippen LogP contribution >= 0.6 is 0 Å². The van der Waals surface area contributed by atoms with Crippen molar-refractivity contribution in [3.05, 3.63) is 75.1 Å². The summed E-state index contributed by atoms with van der Waals surface area (Å²) < 4.78 is 14.0. The maximum absolute atomic E-state index is 13.6. The van der Waals surface area contributed by atoms with Gasteiger partial charge in [-0.1, -0.05) is 19.1 Å². The molecule has 0 atom stereocenters. The highest BCUT2D eigenvalue weighted by molar-refractivity contribution is 5.97. The van der Waals surface area contributed by atoms with Gasteiger partial charge in [0.2, 0.25) is 0 Å². The van der Waals surface area contributed by atoms with Crippen LogP contribution in [0.4, 0.5) is 0 Å². The lowest BCUT2D eigenvalue weighted by Crippen LogP contribution is -2.41. The van der Waals surface area contributed by atoms with Gasteiger partial charge in [-0.2, -0.15) is 0 Å². The third-order valence-corrected chi connectivity index (χ3v) is 7.51. The maximum Gasteiger partial charge on any atom is 0.267 e. The van der Waals surface area contributed by atoms with E-state index in [0.29, 0.717) is 60.2 Å². The van der Waals surface area contributed by atoms with E-state index in [1.54, 1.807) is 35.9 Å². The molecular weight excluding hydrogens is 482 g/mol. The van der Waals surface area contributed by atoms with Gasteiger partial charge in [0, 0.05) is 25.8 Å². The van der Waals surface area contributed by atoms with Crippen molar-refractivity contribution in [1.82, 2.24) is 18.9 Å². The van der Waals surface area contributed by atoms with Crippen LogP contribution in [0.15, 0.2) is 47.4 Å². The summed E-state index contributed by atoms with van der Waals surface area (Å²) in [4.78, 5) is 33.9. The van der Waals surface area contributed by atoms with Crippen molar-refractivity contribution in [2.24, 2.45) is 5.92 Å². The van der Waals surface area contributed by atoms with Gasteiger partial charge < -0.3 is 18.9 Å². The van der Waals surface area contributed by atoms with Crippen molar-refractivity contribution in [1.29, 1.82) is 5.41 Å². The van der Waals surface area contributed by atoms with Gasteiger partial charge in [-0.05, 0) is 67.5 Å². The lowest BCUT2D eigenvalue weighted by Gasteiger charge is -2.30. The van der Waals surface area contributed by atoms with Gasteiger partial charge in [0.1, 0.15) is 16.8 Å². The van der Waals surface area contributed by atoms with E-state index < -0.39 is 0 Å². The predicted molar refractivity (Wildman–Crippen MR) is 145 cm³/mol. The van der Waals surface area contributed by atoms with Gasteiger partial charge in [0.25, 0.3) is 11.5 Å². The number of benzene rings is 1. The molecule has 1 N–H and O–H groups in total. The molecule has 1 aliphatic rings. The monoisotopic (exact) mass is 515 g/mol. The molecule has 0 radical (unpaired) electrons. The minimum absolute atomic E-state index is 0.0615. The van der Waals surface area contributed by atoms with Crippen LogP contribution in [0.25, 0.3) is 16.7 Å². The number of aromatic nitrogens is 3. The van der Waals surface area contributed by atoms with E-state index in [-0.39, 0.29) is 22.5 Å². The molecule has 9 heteroatoms. The number of aryl methyl sites for hydroxylation is 3. The number of carbonyl (C=O) groups excluding carboxylic acids is 1. The highest BCUT2D eigenvalue weighted by Crippen LogP contribution is 2.28. The molecule has 9 nitrogen and oxygen atoms in total. The molecular formula is C29H33N5O4. The number of likely N-dealkylation sites (tertiary alicyclic amines) is 1. The summed E-state index contributed by atoms with van der Waals surface area (Å²) in [7, 11) is 3.18. The van der Waals surface area contributed by atoms with Crippen molar-refractivity contribution in [2.75, 3.05) is 27.3 Å². The van der Waals surface area contributed by atoms with Gasteiger partial charge in [-0.25, -0.2) is 4.98 Å². The van der Waals surface area contributed by atoms with Crippen LogP contribution in [0.5, 0.6) is 11.5 Å². The molecule has 0 aliphatic carbocycles. The number of carbonyl (C=O) groups is 1. The Hall–Kier alpha value is -4.14. The molecule has 0 saturated carbocycles. The standard InChI is InChI=1S/C29H33N5O4/c1-18-9-13-32(14-10-18)28(35)21-17-22-27(31-26-19(2)6-5-12-34(26)29(22)36)33(25(21)30)15-11-20-7-8-23(37-3)24(16-20)38-4/h5-8,12,16-18,30H,9-11,13-15H2,1-4H3. The fraction of sp³-hybridized carbons (Fsp3) is 0.379. The fourth-order valence-electron chi connectivity index (χ4n) is 5.14. The average molecular weight is 516 g/mol. The van der Waals surface area contributed by atoms with E-state index >= 15 is 0 Å². The molecule has 1 fully saturated rings. The number of methoxy groups -OCH3 is 2. The molecule has 3 aromatic heterocycles. The number of rotatable bonds is 6.